The van der Waals surface area contributed by atoms with Crippen molar-refractivity contribution < 1.29 is 13.9 Å². The summed E-state index contributed by atoms with van der Waals surface area (Å²) in [5.41, 5.74) is 5.95. The van der Waals surface area contributed by atoms with Crippen LogP contribution in [-0.4, -0.2) is 11.6 Å². The number of rotatable bonds is 2. The Balaban J connectivity index is 2.42. The van der Waals surface area contributed by atoms with E-state index in [0.29, 0.717) is 20.6 Å². The maximum absolute atomic E-state index is 14.0. The van der Waals surface area contributed by atoms with Gasteiger partial charge in [0.1, 0.15) is 16.3 Å². The normalized spacial score (nSPS) is 11.5. The number of hydrogen-bond acceptors (Lipinski definition) is 4. The first-order chi connectivity index (χ1) is 9.69. The second-order valence-electron chi connectivity index (χ2n) is 5.49. The topological polar surface area (TPSA) is 52.3 Å². The summed E-state index contributed by atoms with van der Waals surface area (Å²) < 4.78 is 19.9. The van der Waals surface area contributed by atoms with Crippen LogP contribution in [0.1, 0.15) is 30.4 Å². The number of benzene rings is 1. The lowest BCUT2D eigenvalue weighted by Gasteiger charge is -2.18. The minimum Gasteiger partial charge on any atom is -0.456 e. The van der Waals surface area contributed by atoms with Crippen LogP contribution in [0.5, 0.6) is 0 Å². The molecule has 0 bridgehead atoms. The molecule has 1 aromatic heterocycles. The molecular weight excluding hydrogens is 357 g/mol. The summed E-state index contributed by atoms with van der Waals surface area (Å²) in [5, 5.41) is 0. The van der Waals surface area contributed by atoms with E-state index < -0.39 is 11.6 Å². The monoisotopic (exact) mass is 371 g/mol. The molecule has 0 saturated carbocycles. The fraction of sp³-hybridized carbons (Fsp3) is 0.267. The molecule has 0 radical (unpaired) electrons. The lowest BCUT2D eigenvalue weighted by atomic mass is 10.1. The zero-order valence-electron chi connectivity index (χ0n) is 11.9. The number of nitrogens with two attached hydrogens (primary N) is 1. The number of esters is 1. The first-order valence-electron chi connectivity index (χ1n) is 6.26. The SMILES string of the molecule is CC(C)(C)OC(=O)c1sc(-c2c(F)cccc2Br)cc1N. The van der Waals surface area contributed by atoms with E-state index in [1.54, 1.807) is 39.0 Å². The Morgan fingerprint density at radius 1 is 1.38 bits per heavy atom. The van der Waals surface area contributed by atoms with Crippen LogP contribution >= 0.6 is 27.3 Å². The van der Waals surface area contributed by atoms with Gasteiger partial charge in [0.15, 0.2) is 0 Å². The second-order valence-corrected chi connectivity index (χ2v) is 7.40. The van der Waals surface area contributed by atoms with Crippen molar-refractivity contribution in [2.45, 2.75) is 26.4 Å². The van der Waals surface area contributed by atoms with Crippen molar-refractivity contribution >= 4 is 38.9 Å². The second kappa shape index (κ2) is 5.77. The van der Waals surface area contributed by atoms with E-state index in [4.69, 9.17) is 10.5 Å². The molecule has 21 heavy (non-hydrogen) atoms. The van der Waals surface area contributed by atoms with Crippen molar-refractivity contribution in [2.75, 3.05) is 5.73 Å². The molecule has 0 aliphatic carbocycles. The van der Waals surface area contributed by atoms with E-state index in [0.717, 1.165) is 11.3 Å². The summed E-state index contributed by atoms with van der Waals surface area (Å²) in [7, 11) is 0. The van der Waals surface area contributed by atoms with Gasteiger partial charge in [0.2, 0.25) is 0 Å². The van der Waals surface area contributed by atoms with E-state index >= 15 is 0 Å². The Hall–Kier alpha value is -1.40. The third kappa shape index (κ3) is 3.63. The van der Waals surface area contributed by atoms with Crippen molar-refractivity contribution in [3.05, 3.63) is 39.4 Å². The van der Waals surface area contributed by atoms with Crippen molar-refractivity contribution in [1.29, 1.82) is 0 Å². The highest BCUT2D eigenvalue weighted by Crippen LogP contribution is 2.39. The molecule has 0 spiro atoms. The molecule has 0 aliphatic heterocycles. The van der Waals surface area contributed by atoms with E-state index in [2.05, 4.69) is 15.9 Å². The van der Waals surface area contributed by atoms with Crippen LogP contribution in [0.2, 0.25) is 0 Å². The van der Waals surface area contributed by atoms with Crippen molar-refractivity contribution in [3.63, 3.8) is 0 Å². The summed E-state index contributed by atoms with van der Waals surface area (Å²) >= 11 is 4.43. The van der Waals surface area contributed by atoms with Crippen molar-refractivity contribution in [3.8, 4) is 10.4 Å². The van der Waals surface area contributed by atoms with Crippen molar-refractivity contribution in [1.82, 2.24) is 0 Å². The quantitative estimate of drug-likeness (QED) is 0.767. The summed E-state index contributed by atoms with van der Waals surface area (Å²) in [6.07, 6.45) is 0. The highest BCUT2D eigenvalue weighted by molar-refractivity contribution is 9.10. The Morgan fingerprint density at radius 2 is 2.05 bits per heavy atom. The van der Waals surface area contributed by atoms with Crippen LogP contribution in [0.4, 0.5) is 10.1 Å². The number of carbonyl (C=O) groups is 1. The van der Waals surface area contributed by atoms with Gasteiger partial charge < -0.3 is 10.5 Å². The lowest BCUT2D eigenvalue weighted by molar-refractivity contribution is 0.00764. The zero-order valence-corrected chi connectivity index (χ0v) is 14.3. The summed E-state index contributed by atoms with van der Waals surface area (Å²) in [6.45, 7) is 5.34. The number of thiophene rings is 1. The van der Waals surface area contributed by atoms with E-state index in [1.807, 2.05) is 0 Å². The summed E-state index contributed by atoms with van der Waals surface area (Å²) in [5.74, 6) is -0.870. The zero-order chi connectivity index (χ0) is 15.8. The van der Waals surface area contributed by atoms with Gasteiger partial charge in [0.05, 0.1) is 5.69 Å². The Morgan fingerprint density at radius 3 is 2.62 bits per heavy atom. The standard InChI is InChI=1S/C15H15BrFNO2S/c1-15(2,3)20-14(19)13-10(18)7-11(21-13)12-8(16)5-4-6-9(12)17/h4-7H,18H2,1-3H3. The largest absolute Gasteiger partial charge is 0.456 e. The highest BCUT2D eigenvalue weighted by Gasteiger charge is 2.23. The van der Waals surface area contributed by atoms with Gasteiger partial charge in [-0.15, -0.1) is 11.3 Å². The van der Waals surface area contributed by atoms with E-state index in [1.165, 1.54) is 6.07 Å². The highest BCUT2D eigenvalue weighted by atomic mass is 79.9. The van der Waals surface area contributed by atoms with Gasteiger partial charge in [0, 0.05) is 14.9 Å². The smallest absolute Gasteiger partial charge is 0.350 e. The van der Waals surface area contributed by atoms with Gasteiger partial charge in [-0.25, -0.2) is 9.18 Å². The van der Waals surface area contributed by atoms with Gasteiger partial charge in [-0.2, -0.15) is 0 Å². The molecule has 1 aromatic carbocycles. The number of carbonyl (C=O) groups excluding carboxylic acids is 1. The average molecular weight is 372 g/mol. The summed E-state index contributed by atoms with van der Waals surface area (Å²) in [6, 6.07) is 6.30. The number of hydrogen-bond donors (Lipinski definition) is 1. The Labute approximate surface area is 135 Å². The Bertz CT molecular complexity index is 671. The predicted octanol–water partition coefficient (Wildman–Crippen LogP) is 4.85. The van der Waals surface area contributed by atoms with Gasteiger partial charge in [-0.05, 0) is 39.0 Å². The third-order valence-corrected chi connectivity index (χ3v) is 4.36. The third-order valence-electron chi connectivity index (χ3n) is 2.55. The maximum Gasteiger partial charge on any atom is 0.350 e. The average Bonchev–Trinajstić information content (AvgIpc) is 2.68. The molecular formula is C15H15BrFNO2S. The van der Waals surface area contributed by atoms with Gasteiger partial charge >= 0.3 is 5.97 Å². The minimum atomic E-state index is -0.605. The van der Waals surface area contributed by atoms with Crippen LogP contribution in [0.25, 0.3) is 10.4 Å². The molecule has 0 unspecified atom stereocenters. The number of ether oxygens (including phenoxy) is 1. The van der Waals surface area contributed by atoms with Crippen LogP contribution in [0, 0.1) is 5.82 Å². The molecule has 3 nitrogen and oxygen atoms in total. The Kier molecular flexibility index (Phi) is 4.39. The molecule has 1 heterocycles. The molecule has 6 heteroatoms. The first kappa shape index (κ1) is 16.0. The van der Waals surface area contributed by atoms with E-state index in [-0.39, 0.29) is 10.7 Å². The van der Waals surface area contributed by atoms with Crippen LogP contribution in [0.3, 0.4) is 0 Å². The van der Waals surface area contributed by atoms with Crippen LogP contribution in [0.15, 0.2) is 28.7 Å². The van der Waals surface area contributed by atoms with Gasteiger partial charge in [-0.3, -0.25) is 0 Å². The van der Waals surface area contributed by atoms with Crippen molar-refractivity contribution in [2.24, 2.45) is 0 Å². The van der Waals surface area contributed by atoms with E-state index in [9.17, 15) is 9.18 Å². The van der Waals surface area contributed by atoms with Gasteiger partial charge in [-0.1, -0.05) is 22.0 Å². The molecule has 0 atom stereocenters. The molecule has 2 aromatic rings. The molecule has 2 N–H and O–H groups in total. The van der Waals surface area contributed by atoms with Gasteiger partial charge in [0.25, 0.3) is 0 Å². The first-order valence-corrected chi connectivity index (χ1v) is 7.87. The molecule has 2 rings (SSSR count). The fourth-order valence-corrected chi connectivity index (χ4v) is 3.45. The number of halogens is 2. The lowest BCUT2D eigenvalue weighted by Crippen LogP contribution is -2.23. The minimum absolute atomic E-state index is 0.287. The maximum atomic E-state index is 14.0. The summed E-state index contributed by atoms with van der Waals surface area (Å²) in [4.78, 5) is 13.0. The fourth-order valence-electron chi connectivity index (χ4n) is 1.75. The van der Waals surface area contributed by atoms with Crippen LogP contribution in [-0.2, 0) is 4.74 Å². The molecule has 0 saturated heterocycles. The molecule has 0 aliphatic rings. The number of nitrogen functional groups attached to an aromatic ring is 1. The van der Waals surface area contributed by atoms with Crippen LogP contribution < -0.4 is 5.73 Å². The molecule has 0 fully saturated rings. The predicted molar refractivity (Wildman–Crippen MR) is 87.0 cm³/mol. The molecule has 112 valence electrons. The molecule has 0 amide bonds. The number of anilines is 1.